The summed E-state index contributed by atoms with van der Waals surface area (Å²) in [6.45, 7) is 2.85. The van der Waals surface area contributed by atoms with Gasteiger partial charge in [-0.25, -0.2) is 0 Å². The largest absolute Gasteiger partial charge is 0.352 e. The van der Waals surface area contributed by atoms with Crippen molar-refractivity contribution in [3.63, 3.8) is 0 Å². The lowest BCUT2D eigenvalue weighted by Crippen LogP contribution is -2.30. The number of rotatable bonds is 5. The molecule has 2 amide bonds. The summed E-state index contributed by atoms with van der Waals surface area (Å²) in [5, 5.41) is 5.98. The van der Waals surface area contributed by atoms with E-state index in [1.165, 1.54) is 0 Å². The highest BCUT2D eigenvalue weighted by molar-refractivity contribution is 5.97. The van der Waals surface area contributed by atoms with Crippen molar-refractivity contribution in [2.45, 2.75) is 32.1 Å². The minimum Gasteiger partial charge on any atom is -0.352 e. The molecule has 0 aromatic heterocycles. The predicted octanol–water partition coefficient (Wildman–Crippen LogP) is 2.50. The predicted molar refractivity (Wildman–Crippen MR) is 95.0 cm³/mol. The Labute approximate surface area is 143 Å². The van der Waals surface area contributed by atoms with Gasteiger partial charge in [-0.05, 0) is 57.0 Å². The van der Waals surface area contributed by atoms with Crippen LogP contribution >= 0.6 is 0 Å². The van der Waals surface area contributed by atoms with Crippen molar-refractivity contribution in [2.24, 2.45) is 11.8 Å². The summed E-state index contributed by atoms with van der Waals surface area (Å²) in [7, 11) is 2.11. The van der Waals surface area contributed by atoms with Crippen LogP contribution in [0.15, 0.2) is 24.3 Å². The number of nitrogens with one attached hydrogen (secondary N) is 2. The van der Waals surface area contributed by atoms with Crippen LogP contribution in [0.1, 0.15) is 42.5 Å². The zero-order valence-electron chi connectivity index (χ0n) is 14.4. The third-order valence-corrected chi connectivity index (χ3v) is 5.16. The van der Waals surface area contributed by atoms with Crippen molar-refractivity contribution in [1.29, 1.82) is 0 Å². The fourth-order valence-electron chi connectivity index (χ4n) is 3.70. The van der Waals surface area contributed by atoms with Crippen molar-refractivity contribution in [3.8, 4) is 0 Å². The van der Waals surface area contributed by atoms with Crippen molar-refractivity contribution >= 4 is 17.5 Å². The molecule has 1 saturated heterocycles. The van der Waals surface area contributed by atoms with E-state index >= 15 is 0 Å². The summed E-state index contributed by atoms with van der Waals surface area (Å²) in [6, 6.07) is 7.22. The van der Waals surface area contributed by atoms with Gasteiger partial charge in [-0.3, -0.25) is 9.59 Å². The molecule has 1 aromatic rings. The summed E-state index contributed by atoms with van der Waals surface area (Å²) in [6.07, 6.45) is 5.35. The topological polar surface area (TPSA) is 61.4 Å². The molecule has 2 fully saturated rings. The number of amides is 2. The SMILES string of the molecule is CN1CC[C@H](CNC(=O)c2cccc(NC(=O)C3CCCC3)c2)C1. The number of hydrogen-bond donors (Lipinski definition) is 2. The summed E-state index contributed by atoms with van der Waals surface area (Å²) in [5.74, 6) is 0.673. The van der Waals surface area contributed by atoms with Crippen LogP contribution in [0.4, 0.5) is 5.69 Å². The summed E-state index contributed by atoms with van der Waals surface area (Å²) >= 11 is 0. The maximum absolute atomic E-state index is 12.3. The molecule has 1 heterocycles. The van der Waals surface area contributed by atoms with E-state index in [1.54, 1.807) is 12.1 Å². The van der Waals surface area contributed by atoms with Crippen LogP contribution in [-0.4, -0.2) is 43.4 Å². The van der Waals surface area contributed by atoms with E-state index in [1.807, 2.05) is 12.1 Å². The van der Waals surface area contributed by atoms with Crippen molar-refractivity contribution in [3.05, 3.63) is 29.8 Å². The molecule has 0 unspecified atom stereocenters. The van der Waals surface area contributed by atoms with E-state index < -0.39 is 0 Å². The van der Waals surface area contributed by atoms with Crippen LogP contribution in [0, 0.1) is 11.8 Å². The molecule has 5 heteroatoms. The Hall–Kier alpha value is -1.88. The molecular formula is C19H27N3O2. The highest BCUT2D eigenvalue weighted by atomic mass is 16.2. The van der Waals surface area contributed by atoms with Gasteiger partial charge < -0.3 is 15.5 Å². The first kappa shape index (κ1) is 17.0. The van der Waals surface area contributed by atoms with Crippen LogP contribution in [0.25, 0.3) is 0 Å². The highest BCUT2D eigenvalue weighted by Gasteiger charge is 2.23. The molecule has 1 aliphatic carbocycles. The molecule has 0 radical (unpaired) electrons. The van der Waals surface area contributed by atoms with E-state index in [9.17, 15) is 9.59 Å². The molecular weight excluding hydrogens is 302 g/mol. The average Bonchev–Trinajstić information content (AvgIpc) is 3.24. The van der Waals surface area contributed by atoms with Gasteiger partial charge in [0.25, 0.3) is 5.91 Å². The molecule has 2 aliphatic rings. The Kier molecular flexibility index (Phi) is 5.51. The van der Waals surface area contributed by atoms with Crippen LogP contribution in [0.3, 0.4) is 0 Å². The van der Waals surface area contributed by atoms with Gasteiger partial charge in [0.1, 0.15) is 0 Å². The molecule has 130 valence electrons. The first-order chi connectivity index (χ1) is 11.6. The van der Waals surface area contributed by atoms with Crippen molar-refractivity contribution in [1.82, 2.24) is 10.2 Å². The standard InChI is InChI=1S/C19H27N3O2/c1-22-10-9-14(13-22)12-20-18(23)16-7-4-8-17(11-16)21-19(24)15-5-2-3-6-15/h4,7-8,11,14-15H,2-3,5-6,9-10,12-13H2,1H3,(H,20,23)(H,21,24)/t14-/m1/s1. The minimum atomic E-state index is -0.0680. The Morgan fingerprint density at radius 1 is 1.21 bits per heavy atom. The lowest BCUT2D eigenvalue weighted by molar-refractivity contribution is -0.119. The van der Waals surface area contributed by atoms with E-state index in [0.717, 1.165) is 45.2 Å². The molecule has 1 aromatic carbocycles. The molecule has 1 saturated carbocycles. The molecule has 3 rings (SSSR count). The first-order valence-electron chi connectivity index (χ1n) is 8.99. The summed E-state index contributed by atoms with van der Waals surface area (Å²) in [4.78, 5) is 26.8. The second-order valence-electron chi connectivity index (χ2n) is 7.18. The number of anilines is 1. The third-order valence-electron chi connectivity index (χ3n) is 5.16. The maximum atomic E-state index is 12.3. The van der Waals surface area contributed by atoms with Gasteiger partial charge in [0.2, 0.25) is 5.91 Å². The number of likely N-dealkylation sites (tertiary alicyclic amines) is 1. The quantitative estimate of drug-likeness (QED) is 0.872. The van der Waals surface area contributed by atoms with Gasteiger partial charge in [-0.15, -0.1) is 0 Å². The number of benzene rings is 1. The molecule has 1 atom stereocenters. The molecule has 24 heavy (non-hydrogen) atoms. The van der Waals surface area contributed by atoms with Crippen LogP contribution < -0.4 is 10.6 Å². The number of carbonyl (C=O) groups excluding carboxylic acids is 2. The van der Waals surface area contributed by atoms with Gasteiger partial charge in [-0.2, -0.15) is 0 Å². The van der Waals surface area contributed by atoms with Crippen LogP contribution in [0.2, 0.25) is 0 Å². The first-order valence-corrected chi connectivity index (χ1v) is 8.99. The van der Waals surface area contributed by atoms with E-state index in [2.05, 4.69) is 22.6 Å². The zero-order valence-corrected chi connectivity index (χ0v) is 14.4. The lowest BCUT2D eigenvalue weighted by Gasteiger charge is -2.13. The van der Waals surface area contributed by atoms with Gasteiger partial charge >= 0.3 is 0 Å². The Morgan fingerprint density at radius 3 is 2.71 bits per heavy atom. The van der Waals surface area contributed by atoms with Gasteiger partial charge in [0.15, 0.2) is 0 Å². The van der Waals surface area contributed by atoms with Gasteiger partial charge in [0.05, 0.1) is 0 Å². The Morgan fingerprint density at radius 2 is 2.00 bits per heavy atom. The van der Waals surface area contributed by atoms with Crippen molar-refractivity contribution < 1.29 is 9.59 Å². The van der Waals surface area contributed by atoms with Gasteiger partial charge in [-0.1, -0.05) is 18.9 Å². The molecule has 1 aliphatic heterocycles. The fraction of sp³-hybridized carbons (Fsp3) is 0.579. The molecule has 0 bridgehead atoms. The average molecular weight is 329 g/mol. The molecule has 5 nitrogen and oxygen atoms in total. The Bertz CT molecular complexity index is 596. The summed E-state index contributed by atoms with van der Waals surface area (Å²) in [5.41, 5.74) is 1.31. The smallest absolute Gasteiger partial charge is 0.251 e. The molecule has 0 spiro atoms. The van der Waals surface area contributed by atoms with Gasteiger partial charge in [0, 0.05) is 30.3 Å². The zero-order chi connectivity index (χ0) is 16.9. The number of hydrogen-bond acceptors (Lipinski definition) is 3. The number of nitrogens with zero attached hydrogens (tertiary/aromatic N) is 1. The minimum absolute atomic E-state index is 0.0680. The van der Waals surface area contributed by atoms with Crippen molar-refractivity contribution in [2.75, 3.05) is 32.0 Å². The van der Waals surface area contributed by atoms with Crippen LogP contribution in [-0.2, 0) is 4.79 Å². The van der Waals surface area contributed by atoms with E-state index in [-0.39, 0.29) is 17.7 Å². The maximum Gasteiger partial charge on any atom is 0.251 e. The second-order valence-corrected chi connectivity index (χ2v) is 7.18. The Balaban J connectivity index is 1.53. The lowest BCUT2D eigenvalue weighted by atomic mass is 10.1. The third kappa shape index (κ3) is 4.35. The highest BCUT2D eigenvalue weighted by Crippen LogP contribution is 2.26. The van der Waals surface area contributed by atoms with Crippen LogP contribution in [0.5, 0.6) is 0 Å². The summed E-state index contributed by atoms with van der Waals surface area (Å²) < 4.78 is 0. The number of carbonyl (C=O) groups is 2. The fourth-order valence-corrected chi connectivity index (χ4v) is 3.70. The monoisotopic (exact) mass is 329 g/mol. The normalized spacial score (nSPS) is 21.8. The van der Waals surface area contributed by atoms with E-state index in [4.69, 9.17) is 0 Å². The second kappa shape index (κ2) is 7.79. The van der Waals surface area contributed by atoms with E-state index in [0.29, 0.717) is 23.7 Å². The molecule has 2 N–H and O–H groups in total.